The monoisotopic (exact) mass is 474 g/mol. The molecule has 0 atom stereocenters. The van der Waals surface area contributed by atoms with Gasteiger partial charge < -0.3 is 9.32 Å². The average Bonchev–Trinajstić information content (AvgIpc) is 3.15. The Hall–Kier alpha value is -2.12. The molecule has 0 saturated carbocycles. The van der Waals surface area contributed by atoms with E-state index in [4.69, 9.17) is 4.42 Å². The number of piperidine rings is 1. The molecule has 0 amide bonds. The molecule has 3 aromatic rings. The van der Waals surface area contributed by atoms with Gasteiger partial charge in [0.25, 0.3) is 0 Å². The van der Waals surface area contributed by atoms with Crippen LogP contribution in [-0.4, -0.2) is 26.5 Å². The molecule has 7 heteroatoms. The molecule has 4 rings (SSSR count). The number of nitrogens with zero attached hydrogens (tertiary/aromatic N) is 2. The zero-order valence-corrected chi connectivity index (χ0v) is 18.8. The number of hydrogen-bond donors (Lipinski definition) is 0. The van der Waals surface area contributed by atoms with E-state index in [2.05, 4.69) is 27.8 Å². The molecule has 0 N–H and O–H groups in total. The van der Waals surface area contributed by atoms with Gasteiger partial charge in [0.1, 0.15) is 0 Å². The minimum absolute atomic E-state index is 0.00844. The van der Waals surface area contributed by atoms with E-state index >= 15 is 0 Å². The Morgan fingerprint density at radius 2 is 1.79 bits per heavy atom. The van der Waals surface area contributed by atoms with E-state index in [1.54, 1.807) is 24.3 Å². The van der Waals surface area contributed by atoms with Crippen molar-refractivity contribution in [2.75, 3.05) is 18.0 Å². The molecule has 2 aromatic carbocycles. The third-order valence-corrected chi connectivity index (χ3v) is 7.47. The van der Waals surface area contributed by atoms with Crippen molar-refractivity contribution in [3.8, 4) is 11.5 Å². The fourth-order valence-corrected chi connectivity index (χ4v) is 5.18. The van der Waals surface area contributed by atoms with E-state index < -0.39 is 9.84 Å². The van der Waals surface area contributed by atoms with E-state index in [1.165, 1.54) is 0 Å². The molecule has 1 fully saturated rings. The van der Waals surface area contributed by atoms with E-state index in [1.807, 2.05) is 36.1 Å². The predicted molar refractivity (Wildman–Crippen MR) is 117 cm³/mol. The summed E-state index contributed by atoms with van der Waals surface area (Å²) in [4.78, 5) is 6.70. The maximum absolute atomic E-state index is 13.4. The molecule has 1 aliphatic rings. The van der Waals surface area contributed by atoms with Crippen LogP contribution in [0.2, 0.25) is 0 Å². The van der Waals surface area contributed by atoms with Crippen LogP contribution in [0.4, 0.5) is 5.88 Å². The van der Waals surface area contributed by atoms with Crippen LogP contribution >= 0.6 is 15.9 Å². The predicted octanol–water partition coefficient (Wildman–Crippen LogP) is 5.48. The van der Waals surface area contributed by atoms with Gasteiger partial charge in [-0.05, 0) is 56.0 Å². The van der Waals surface area contributed by atoms with Crippen LogP contribution in [0.5, 0.6) is 0 Å². The SMILES string of the molecule is Cc1ccc(S(=O)(=O)c2nc(-c3cccc(Br)c3)oc2N2CCC(C)CC2)cc1. The molecule has 1 aliphatic heterocycles. The van der Waals surface area contributed by atoms with Crippen molar-refractivity contribution in [1.82, 2.24) is 4.98 Å². The van der Waals surface area contributed by atoms with Crippen LogP contribution in [0.3, 0.4) is 0 Å². The van der Waals surface area contributed by atoms with Gasteiger partial charge in [0.15, 0.2) is 0 Å². The Bertz CT molecular complexity index is 1120. The zero-order chi connectivity index (χ0) is 20.6. The third-order valence-electron chi connectivity index (χ3n) is 5.31. The number of anilines is 1. The van der Waals surface area contributed by atoms with Crippen LogP contribution in [-0.2, 0) is 9.84 Å². The Morgan fingerprint density at radius 3 is 2.45 bits per heavy atom. The second-order valence-electron chi connectivity index (χ2n) is 7.63. The first-order valence-corrected chi connectivity index (χ1v) is 12.0. The summed E-state index contributed by atoms with van der Waals surface area (Å²) in [5.74, 6) is 1.27. The lowest BCUT2D eigenvalue weighted by Gasteiger charge is -2.30. The Morgan fingerprint density at radius 1 is 1.10 bits per heavy atom. The molecule has 0 spiro atoms. The number of halogens is 1. The zero-order valence-electron chi connectivity index (χ0n) is 16.4. The lowest BCUT2D eigenvalue weighted by molar-refractivity contribution is 0.415. The Balaban J connectivity index is 1.83. The molecule has 0 bridgehead atoms. The molecule has 0 aliphatic carbocycles. The Kier molecular flexibility index (Phi) is 5.53. The first-order valence-electron chi connectivity index (χ1n) is 9.68. The van der Waals surface area contributed by atoms with E-state index in [0.29, 0.717) is 17.7 Å². The summed E-state index contributed by atoms with van der Waals surface area (Å²) < 4.78 is 33.8. The molecule has 5 nitrogen and oxygen atoms in total. The molecule has 29 heavy (non-hydrogen) atoms. The number of sulfone groups is 1. The highest BCUT2D eigenvalue weighted by molar-refractivity contribution is 9.10. The van der Waals surface area contributed by atoms with Gasteiger partial charge >= 0.3 is 0 Å². The van der Waals surface area contributed by atoms with Gasteiger partial charge in [0.05, 0.1) is 4.90 Å². The van der Waals surface area contributed by atoms with Gasteiger partial charge in [-0.3, -0.25) is 0 Å². The highest BCUT2D eigenvalue weighted by Gasteiger charge is 2.32. The molecule has 0 unspecified atom stereocenters. The smallest absolute Gasteiger partial charge is 0.236 e. The number of hydrogen-bond acceptors (Lipinski definition) is 5. The van der Waals surface area contributed by atoms with Crippen LogP contribution in [0.25, 0.3) is 11.5 Å². The van der Waals surface area contributed by atoms with Gasteiger partial charge in [-0.15, -0.1) is 0 Å². The second kappa shape index (κ2) is 7.95. The third kappa shape index (κ3) is 4.12. The number of rotatable bonds is 4. The van der Waals surface area contributed by atoms with Crippen molar-refractivity contribution in [2.45, 2.75) is 36.6 Å². The maximum atomic E-state index is 13.4. The molecule has 0 radical (unpaired) electrons. The van der Waals surface area contributed by atoms with Gasteiger partial charge in [0.2, 0.25) is 26.6 Å². The molecule has 2 heterocycles. The summed E-state index contributed by atoms with van der Waals surface area (Å²) in [7, 11) is -3.80. The van der Waals surface area contributed by atoms with Crippen molar-refractivity contribution in [3.05, 3.63) is 58.6 Å². The minimum atomic E-state index is -3.80. The largest absolute Gasteiger partial charge is 0.419 e. The normalized spacial score (nSPS) is 15.6. The lowest BCUT2D eigenvalue weighted by Crippen LogP contribution is -2.33. The van der Waals surface area contributed by atoms with Crippen molar-refractivity contribution >= 4 is 31.7 Å². The number of oxazole rings is 1. The summed E-state index contributed by atoms with van der Waals surface area (Å²) >= 11 is 3.45. The standard InChI is InChI=1S/C22H23BrN2O3S/c1-15-6-8-19(9-7-15)29(26,27)21-22(25-12-10-16(2)11-13-25)28-20(24-21)17-4-3-5-18(23)14-17/h3-9,14,16H,10-13H2,1-2H3. The summed E-state index contributed by atoms with van der Waals surface area (Å²) in [5.41, 5.74) is 1.74. The fourth-order valence-electron chi connectivity index (χ4n) is 3.46. The van der Waals surface area contributed by atoms with Gasteiger partial charge in [-0.1, -0.05) is 46.6 Å². The van der Waals surface area contributed by atoms with E-state index in [-0.39, 0.29) is 9.92 Å². The summed E-state index contributed by atoms with van der Waals surface area (Å²) in [6, 6.07) is 14.4. The highest BCUT2D eigenvalue weighted by Crippen LogP contribution is 2.36. The van der Waals surface area contributed by atoms with Crippen LogP contribution in [0.1, 0.15) is 25.3 Å². The van der Waals surface area contributed by atoms with Crippen molar-refractivity contribution < 1.29 is 12.8 Å². The van der Waals surface area contributed by atoms with Crippen molar-refractivity contribution in [1.29, 1.82) is 0 Å². The molecular weight excluding hydrogens is 452 g/mol. The molecule has 152 valence electrons. The Labute approximate surface area is 179 Å². The van der Waals surface area contributed by atoms with E-state index in [0.717, 1.165) is 41.5 Å². The summed E-state index contributed by atoms with van der Waals surface area (Å²) in [6.07, 6.45) is 1.99. The van der Waals surface area contributed by atoms with Crippen LogP contribution in [0, 0.1) is 12.8 Å². The first kappa shape index (κ1) is 20.2. The highest BCUT2D eigenvalue weighted by atomic mass is 79.9. The second-order valence-corrected chi connectivity index (χ2v) is 10.4. The maximum Gasteiger partial charge on any atom is 0.236 e. The minimum Gasteiger partial charge on any atom is -0.419 e. The molecular formula is C22H23BrN2O3S. The van der Waals surface area contributed by atoms with Crippen molar-refractivity contribution in [3.63, 3.8) is 0 Å². The number of aryl methyl sites for hydroxylation is 1. The van der Waals surface area contributed by atoms with E-state index in [9.17, 15) is 8.42 Å². The summed E-state index contributed by atoms with van der Waals surface area (Å²) in [6.45, 7) is 5.65. The average molecular weight is 475 g/mol. The van der Waals surface area contributed by atoms with Gasteiger partial charge in [0, 0.05) is 23.1 Å². The van der Waals surface area contributed by atoms with Crippen LogP contribution < -0.4 is 4.90 Å². The van der Waals surface area contributed by atoms with Gasteiger partial charge in [-0.2, -0.15) is 4.98 Å². The first-order chi connectivity index (χ1) is 13.8. The molecule has 1 saturated heterocycles. The fraction of sp³-hybridized carbons (Fsp3) is 0.318. The summed E-state index contributed by atoms with van der Waals surface area (Å²) in [5, 5.41) is -0.00844. The van der Waals surface area contributed by atoms with Gasteiger partial charge in [-0.25, -0.2) is 8.42 Å². The lowest BCUT2D eigenvalue weighted by atomic mass is 9.99. The van der Waals surface area contributed by atoms with Crippen molar-refractivity contribution in [2.24, 2.45) is 5.92 Å². The van der Waals surface area contributed by atoms with Crippen LogP contribution in [0.15, 0.2) is 67.3 Å². The molecule has 1 aromatic heterocycles. The quantitative estimate of drug-likeness (QED) is 0.500. The topological polar surface area (TPSA) is 63.4 Å². The number of benzene rings is 2. The number of aromatic nitrogens is 1.